The van der Waals surface area contributed by atoms with E-state index in [1.165, 1.54) is 194 Å². The molecule has 6 heteroatoms. The molecule has 70 heavy (non-hydrogen) atoms. The van der Waals surface area contributed by atoms with Crippen molar-refractivity contribution in [2.45, 2.75) is 182 Å². The third-order valence-corrected chi connectivity index (χ3v) is 12.0. The summed E-state index contributed by atoms with van der Waals surface area (Å²) >= 11 is 3.48. The monoisotopic (exact) mass is 1160 g/mol. The molecule has 0 bridgehead atoms. The van der Waals surface area contributed by atoms with Crippen LogP contribution in [-0.2, 0) is 72.4 Å². The van der Waals surface area contributed by atoms with Crippen LogP contribution in [0.2, 0.25) is 26.2 Å². The molecule has 0 N–H and O–H groups in total. The van der Waals surface area contributed by atoms with E-state index in [9.17, 15) is 0 Å². The van der Waals surface area contributed by atoms with Crippen molar-refractivity contribution in [2.24, 2.45) is 0 Å². The molecule has 0 aliphatic rings. The van der Waals surface area contributed by atoms with Crippen molar-refractivity contribution in [3.63, 3.8) is 0 Å². The molecule has 0 nitrogen and oxygen atoms in total. The minimum atomic E-state index is 0. The second-order valence-electron chi connectivity index (χ2n) is 19.2. The molecule has 0 saturated heterocycles. The van der Waals surface area contributed by atoms with Crippen molar-refractivity contribution in [3.8, 4) is 0 Å². The zero-order valence-corrected chi connectivity index (χ0v) is 53.2. The summed E-state index contributed by atoms with van der Waals surface area (Å²) in [6, 6.07) is 53.2. The number of rotatable bonds is 20. The molecular formula is C64H88Cl2Si2Zr2-2. The zero-order chi connectivity index (χ0) is 49.2. The van der Waals surface area contributed by atoms with Gasteiger partial charge in [-0.25, -0.2) is 0 Å². The van der Waals surface area contributed by atoms with Crippen LogP contribution in [0, 0.1) is 0 Å². The van der Waals surface area contributed by atoms with Crippen LogP contribution in [-0.4, -0.2) is 10.9 Å². The number of hydrogen-bond acceptors (Lipinski definition) is 0. The standard InChI is InChI=1S/4C15H19.2C2H6Si.2ClH.2Zr/c4*1-2-3-4-5-8-13-11-14-9-6-7-10-15(14)12-13;2*1-3-2;;;;/h4*6-7,9-12H,2-5,8H2,1H3;2*1-2H3;2*1H;;/q4*-1;;;;;2*+2/p-2. The Labute approximate surface area is 471 Å². The van der Waals surface area contributed by atoms with Gasteiger partial charge in [-0.3, -0.25) is 0 Å². The van der Waals surface area contributed by atoms with Crippen LogP contribution in [0.4, 0.5) is 0 Å². The fourth-order valence-electron chi connectivity index (χ4n) is 8.46. The summed E-state index contributed by atoms with van der Waals surface area (Å²) in [6.07, 6.45) is 26.6. The van der Waals surface area contributed by atoms with Gasteiger partial charge in [0.1, 0.15) is 0 Å². The molecule has 0 heterocycles. The van der Waals surface area contributed by atoms with E-state index in [0.29, 0.717) is 0 Å². The van der Waals surface area contributed by atoms with E-state index in [2.05, 4.69) is 199 Å². The molecule has 0 saturated carbocycles. The Morgan fingerprint density at radius 3 is 0.671 bits per heavy atom. The summed E-state index contributed by atoms with van der Waals surface area (Å²) in [7, 11) is 0. The minimum absolute atomic E-state index is 0. The van der Waals surface area contributed by atoms with Gasteiger partial charge in [-0.1, -0.05) is 155 Å². The van der Waals surface area contributed by atoms with Gasteiger partial charge in [-0.15, -0.1) is 162 Å². The second kappa shape index (κ2) is 41.5. The average molecular weight is 1170 g/mol. The maximum absolute atomic E-state index is 2.33. The summed E-state index contributed by atoms with van der Waals surface area (Å²) in [5.41, 5.74) is 6.45. The van der Waals surface area contributed by atoms with Gasteiger partial charge in [-0.2, -0.15) is 24.3 Å². The minimum Gasteiger partial charge on any atom is -1.00 e. The van der Waals surface area contributed by atoms with E-state index >= 15 is 0 Å². The molecule has 0 aliphatic heterocycles. The Balaban J connectivity index is 0.000000439. The molecule has 0 aromatic heterocycles. The summed E-state index contributed by atoms with van der Waals surface area (Å²) in [5.74, 6) is 0. The predicted octanol–water partition coefficient (Wildman–Crippen LogP) is 14.3. The SMILES string of the molecule is CCCCCCc1cc2ccccc2[cH-]1.CCCCCCc1cc2ccccc2[cH-]1.CCCCCCc1cc2ccccc2[cH-]1.CCCCCCc1cc2ccccc2[cH-]1.C[Si](C)=[Zr+2].C[Si](C)=[Zr+2].[Cl-].[Cl-]. The molecule has 0 spiro atoms. The number of benzene rings is 4. The Morgan fingerprint density at radius 1 is 0.314 bits per heavy atom. The smallest absolute Gasteiger partial charge is 1.00 e. The molecule has 0 amide bonds. The molecule has 0 fully saturated rings. The van der Waals surface area contributed by atoms with Crippen molar-refractivity contribution in [2.75, 3.05) is 0 Å². The summed E-state index contributed by atoms with van der Waals surface area (Å²) < 4.78 is 0. The zero-order valence-electron chi connectivity index (χ0n) is 44.8. The van der Waals surface area contributed by atoms with Gasteiger partial charge in [0.15, 0.2) is 0 Å². The number of hydrogen-bond donors (Lipinski definition) is 0. The molecule has 376 valence electrons. The second-order valence-corrected chi connectivity index (χ2v) is 38.0. The van der Waals surface area contributed by atoms with Gasteiger partial charge in [-0.05, 0) is 25.7 Å². The van der Waals surface area contributed by atoms with Crippen LogP contribution in [0.5, 0.6) is 0 Å². The van der Waals surface area contributed by atoms with Gasteiger partial charge in [0.25, 0.3) is 0 Å². The first-order valence-electron chi connectivity index (χ1n) is 26.7. The Morgan fingerprint density at radius 2 is 0.500 bits per heavy atom. The number of fused-ring (bicyclic) bond motifs is 4. The largest absolute Gasteiger partial charge is 1.00 e. The topological polar surface area (TPSA) is 0 Å². The number of aryl methyl sites for hydroxylation is 4. The average Bonchev–Trinajstić information content (AvgIpc) is 4.14. The first-order valence-corrected chi connectivity index (χ1v) is 39.0. The summed E-state index contributed by atoms with van der Waals surface area (Å²) in [6.45, 7) is 18.3. The van der Waals surface area contributed by atoms with Crippen LogP contribution in [0.3, 0.4) is 0 Å². The van der Waals surface area contributed by atoms with E-state index in [1.54, 1.807) is 46.7 Å². The van der Waals surface area contributed by atoms with Crippen molar-refractivity contribution in [1.82, 2.24) is 0 Å². The third kappa shape index (κ3) is 29.1. The molecular weight excluding hydrogens is 1080 g/mol. The summed E-state index contributed by atoms with van der Waals surface area (Å²) in [5, 5.41) is 11.1. The van der Waals surface area contributed by atoms with Gasteiger partial charge in [0, 0.05) is 0 Å². The molecule has 8 aromatic rings. The molecule has 8 aromatic carbocycles. The van der Waals surface area contributed by atoms with Gasteiger partial charge < -0.3 is 24.8 Å². The first kappa shape index (κ1) is 66.1. The summed E-state index contributed by atoms with van der Waals surface area (Å²) in [4.78, 5) is 0. The maximum Gasteiger partial charge on any atom is -1.00 e. The predicted molar refractivity (Wildman–Crippen MR) is 305 cm³/mol. The van der Waals surface area contributed by atoms with Crippen LogP contribution in [0.25, 0.3) is 43.1 Å². The van der Waals surface area contributed by atoms with E-state index in [4.69, 9.17) is 0 Å². The molecule has 0 aliphatic carbocycles. The molecule has 0 radical (unpaired) electrons. The molecule has 0 atom stereocenters. The Hall–Kier alpha value is -1.90. The van der Waals surface area contributed by atoms with Crippen LogP contribution in [0.1, 0.15) is 153 Å². The van der Waals surface area contributed by atoms with Crippen molar-refractivity contribution in [3.05, 3.63) is 168 Å². The molecule has 0 unspecified atom stereocenters. The van der Waals surface area contributed by atoms with Crippen LogP contribution < -0.4 is 24.8 Å². The van der Waals surface area contributed by atoms with E-state index in [0.717, 1.165) is 0 Å². The number of halogens is 2. The van der Waals surface area contributed by atoms with E-state index < -0.39 is 0 Å². The number of unbranched alkanes of at least 4 members (excludes halogenated alkanes) is 12. The van der Waals surface area contributed by atoms with Gasteiger partial charge in [0.05, 0.1) is 0 Å². The Bertz CT molecular complexity index is 2050. The van der Waals surface area contributed by atoms with Crippen LogP contribution >= 0.6 is 0 Å². The normalized spacial score (nSPS) is 10.2. The van der Waals surface area contributed by atoms with Crippen molar-refractivity contribution >= 4 is 54.0 Å². The quantitative estimate of drug-likeness (QED) is 0.0405. The van der Waals surface area contributed by atoms with Crippen molar-refractivity contribution in [1.29, 1.82) is 0 Å². The molecule has 8 rings (SSSR count). The first-order chi connectivity index (χ1) is 33.1. The van der Waals surface area contributed by atoms with Gasteiger partial charge >= 0.3 is 83.7 Å². The third-order valence-electron chi connectivity index (χ3n) is 12.0. The van der Waals surface area contributed by atoms with Crippen LogP contribution in [0.15, 0.2) is 146 Å². The fourth-order valence-corrected chi connectivity index (χ4v) is 8.46. The van der Waals surface area contributed by atoms with E-state index in [-0.39, 0.29) is 35.7 Å². The van der Waals surface area contributed by atoms with Gasteiger partial charge in [0.2, 0.25) is 0 Å². The Kier molecular flexibility index (Phi) is 39.2. The van der Waals surface area contributed by atoms with Crippen molar-refractivity contribution < 1.29 is 71.5 Å². The maximum atomic E-state index is 2.33. The van der Waals surface area contributed by atoms with E-state index in [1.807, 2.05) is 0 Å². The fraction of sp³-hybridized carbons (Fsp3) is 0.438.